The van der Waals surface area contributed by atoms with Crippen molar-refractivity contribution < 1.29 is 0 Å². The summed E-state index contributed by atoms with van der Waals surface area (Å²) in [6, 6.07) is 0.459. The fraction of sp³-hybridized carbons (Fsp3) is 0.700. The second-order valence-corrected chi connectivity index (χ2v) is 3.77. The topological polar surface area (TPSA) is 29.9 Å². The molecule has 3 nitrogen and oxygen atoms in total. The average molecular weight is 181 g/mol. The molecule has 2 unspecified atom stereocenters. The molecule has 0 spiro atoms. The van der Waals surface area contributed by atoms with Gasteiger partial charge in [-0.3, -0.25) is 4.68 Å². The third kappa shape index (κ3) is 2.56. The third-order valence-corrected chi connectivity index (χ3v) is 2.50. The van der Waals surface area contributed by atoms with E-state index < -0.39 is 0 Å². The second-order valence-electron chi connectivity index (χ2n) is 3.77. The predicted molar refractivity (Wildman–Crippen MR) is 54.8 cm³/mol. The van der Waals surface area contributed by atoms with Crippen molar-refractivity contribution in [2.24, 2.45) is 5.92 Å². The van der Waals surface area contributed by atoms with Gasteiger partial charge in [-0.15, -0.1) is 0 Å². The van der Waals surface area contributed by atoms with Crippen molar-refractivity contribution in [3.63, 3.8) is 0 Å². The number of aromatic nitrogens is 2. The fourth-order valence-electron chi connectivity index (χ4n) is 1.41. The highest BCUT2D eigenvalue weighted by Crippen LogP contribution is 2.15. The minimum atomic E-state index is 0.459. The molecule has 13 heavy (non-hydrogen) atoms. The van der Waals surface area contributed by atoms with E-state index in [1.165, 1.54) is 5.56 Å². The van der Waals surface area contributed by atoms with Crippen LogP contribution < -0.4 is 5.32 Å². The van der Waals surface area contributed by atoms with E-state index in [1.54, 1.807) is 0 Å². The number of rotatable bonds is 4. The summed E-state index contributed by atoms with van der Waals surface area (Å²) in [6.45, 7) is 7.53. The summed E-state index contributed by atoms with van der Waals surface area (Å²) in [5.74, 6) is 0.601. The molecule has 0 aliphatic rings. The van der Waals surface area contributed by atoms with Crippen molar-refractivity contribution in [2.45, 2.75) is 26.8 Å². The Balaban J connectivity index is 2.61. The molecule has 0 aromatic carbocycles. The lowest BCUT2D eigenvalue weighted by atomic mass is 10.0. The lowest BCUT2D eigenvalue weighted by Gasteiger charge is -2.19. The number of aryl methyl sites for hydroxylation is 1. The molecule has 2 atom stereocenters. The van der Waals surface area contributed by atoms with Gasteiger partial charge in [-0.25, -0.2) is 0 Å². The van der Waals surface area contributed by atoms with Crippen LogP contribution in [0.5, 0.6) is 0 Å². The summed E-state index contributed by atoms with van der Waals surface area (Å²) in [7, 11) is 1.98. The van der Waals surface area contributed by atoms with Crippen molar-refractivity contribution in [3.05, 3.63) is 18.0 Å². The Morgan fingerprint density at radius 2 is 2.23 bits per heavy atom. The van der Waals surface area contributed by atoms with Gasteiger partial charge in [-0.2, -0.15) is 5.10 Å². The van der Waals surface area contributed by atoms with Crippen molar-refractivity contribution in [3.8, 4) is 0 Å². The molecule has 1 N–H and O–H groups in total. The van der Waals surface area contributed by atoms with Gasteiger partial charge in [0.25, 0.3) is 0 Å². The molecular weight excluding hydrogens is 162 g/mol. The summed E-state index contributed by atoms with van der Waals surface area (Å²) < 4.78 is 2.04. The van der Waals surface area contributed by atoms with Crippen molar-refractivity contribution in [1.82, 2.24) is 15.1 Å². The number of nitrogens with one attached hydrogen (secondary N) is 1. The van der Waals surface area contributed by atoms with Crippen LogP contribution in [0.4, 0.5) is 0 Å². The van der Waals surface area contributed by atoms with Crippen molar-refractivity contribution in [2.75, 3.05) is 13.6 Å². The van der Waals surface area contributed by atoms with Gasteiger partial charge in [-0.05, 0) is 38.9 Å². The summed E-state index contributed by atoms with van der Waals surface area (Å²) >= 11 is 0. The maximum absolute atomic E-state index is 4.31. The Kier molecular flexibility index (Phi) is 3.48. The van der Waals surface area contributed by atoms with Crippen molar-refractivity contribution >= 4 is 0 Å². The van der Waals surface area contributed by atoms with Gasteiger partial charge in [-0.1, -0.05) is 6.92 Å². The van der Waals surface area contributed by atoms with E-state index in [0.717, 1.165) is 6.54 Å². The molecule has 1 aromatic heterocycles. The molecule has 0 saturated carbocycles. The molecule has 0 fully saturated rings. The minimum absolute atomic E-state index is 0.459. The highest BCUT2D eigenvalue weighted by molar-refractivity contribution is 5.00. The fourth-order valence-corrected chi connectivity index (χ4v) is 1.41. The SMILES string of the molecule is CNCC(C)C(C)n1cc(C)cn1. The number of hydrogen-bond donors (Lipinski definition) is 1. The maximum atomic E-state index is 4.31. The zero-order chi connectivity index (χ0) is 9.84. The smallest absolute Gasteiger partial charge is 0.0528 e. The van der Waals surface area contributed by atoms with Crippen LogP contribution in [0, 0.1) is 12.8 Å². The number of nitrogens with zero attached hydrogens (tertiary/aromatic N) is 2. The first-order chi connectivity index (χ1) is 6.15. The molecular formula is C10H19N3. The average Bonchev–Trinajstić information content (AvgIpc) is 2.51. The lowest BCUT2D eigenvalue weighted by Crippen LogP contribution is -2.24. The number of hydrogen-bond acceptors (Lipinski definition) is 2. The Hall–Kier alpha value is -0.830. The summed E-state index contributed by atoms with van der Waals surface area (Å²) in [5, 5.41) is 7.49. The largest absolute Gasteiger partial charge is 0.319 e. The van der Waals surface area contributed by atoms with Crippen LogP contribution in [0.1, 0.15) is 25.5 Å². The third-order valence-electron chi connectivity index (χ3n) is 2.50. The molecule has 1 heterocycles. The zero-order valence-corrected chi connectivity index (χ0v) is 8.91. The van der Waals surface area contributed by atoms with Gasteiger partial charge in [0, 0.05) is 6.20 Å². The molecule has 74 valence electrons. The normalized spacial score (nSPS) is 15.7. The van der Waals surface area contributed by atoms with Crippen LogP contribution in [0.25, 0.3) is 0 Å². The molecule has 0 radical (unpaired) electrons. The van der Waals surface area contributed by atoms with Crippen LogP contribution in [0.3, 0.4) is 0 Å². The van der Waals surface area contributed by atoms with Gasteiger partial charge in [0.1, 0.15) is 0 Å². The summed E-state index contributed by atoms with van der Waals surface area (Å²) in [4.78, 5) is 0. The minimum Gasteiger partial charge on any atom is -0.319 e. The first-order valence-electron chi connectivity index (χ1n) is 4.80. The van der Waals surface area contributed by atoms with E-state index in [4.69, 9.17) is 0 Å². The molecule has 3 heteroatoms. The Labute approximate surface area is 80.1 Å². The Morgan fingerprint density at radius 1 is 1.54 bits per heavy atom. The lowest BCUT2D eigenvalue weighted by molar-refractivity contribution is 0.344. The van der Waals surface area contributed by atoms with E-state index in [0.29, 0.717) is 12.0 Å². The molecule has 0 amide bonds. The Morgan fingerprint density at radius 3 is 2.69 bits per heavy atom. The van der Waals surface area contributed by atoms with E-state index in [2.05, 4.69) is 37.4 Å². The maximum Gasteiger partial charge on any atom is 0.0528 e. The highest BCUT2D eigenvalue weighted by Gasteiger charge is 2.13. The first-order valence-corrected chi connectivity index (χ1v) is 4.80. The summed E-state index contributed by atoms with van der Waals surface area (Å²) in [6.07, 6.45) is 4.00. The van der Waals surface area contributed by atoms with Gasteiger partial charge in [0.2, 0.25) is 0 Å². The van der Waals surface area contributed by atoms with Crippen LogP contribution in [0.2, 0.25) is 0 Å². The van der Waals surface area contributed by atoms with Gasteiger partial charge < -0.3 is 5.32 Å². The van der Waals surface area contributed by atoms with E-state index >= 15 is 0 Å². The zero-order valence-electron chi connectivity index (χ0n) is 8.91. The van der Waals surface area contributed by atoms with E-state index in [1.807, 2.05) is 17.9 Å². The molecule has 1 aromatic rings. The molecule has 0 aliphatic heterocycles. The highest BCUT2D eigenvalue weighted by atomic mass is 15.3. The van der Waals surface area contributed by atoms with Crippen molar-refractivity contribution in [1.29, 1.82) is 0 Å². The second kappa shape index (κ2) is 4.42. The van der Waals surface area contributed by atoms with Crippen LogP contribution in [-0.4, -0.2) is 23.4 Å². The van der Waals surface area contributed by atoms with Crippen LogP contribution in [0.15, 0.2) is 12.4 Å². The summed E-state index contributed by atoms with van der Waals surface area (Å²) in [5.41, 5.74) is 1.23. The van der Waals surface area contributed by atoms with Crippen LogP contribution in [-0.2, 0) is 0 Å². The first kappa shape index (κ1) is 10.3. The predicted octanol–water partition coefficient (Wildman–Crippen LogP) is 1.61. The molecule has 0 bridgehead atoms. The quantitative estimate of drug-likeness (QED) is 0.764. The monoisotopic (exact) mass is 181 g/mol. The Bertz CT molecular complexity index is 254. The van der Waals surface area contributed by atoms with Gasteiger partial charge in [0.15, 0.2) is 0 Å². The van der Waals surface area contributed by atoms with E-state index in [-0.39, 0.29) is 0 Å². The van der Waals surface area contributed by atoms with Crippen LogP contribution >= 0.6 is 0 Å². The molecule has 0 aliphatic carbocycles. The van der Waals surface area contributed by atoms with Gasteiger partial charge >= 0.3 is 0 Å². The van der Waals surface area contributed by atoms with E-state index in [9.17, 15) is 0 Å². The standard InChI is InChI=1S/C10H19N3/c1-8-5-12-13(7-8)10(3)9(2)6-11-4/h5,7,9-11H,6H2,1-4H3. The molecule has 1 rings (SSSR count). The van der Waals surface area contributed by atoms with Gasteiger partial charge in [0.05, 0.1) is 12.2 Å². The molecule has 0 saturated heterocycles.